The van der Waals surface area contributed by atoms with Crippen molar-refractivity contribution in [1.82, 2.24) is 10.3 Å². The van der Waals surface area contributed by atoms with Gasteiger partial charge in [0.15, 0.2) is 18.1 Å². The minimum atomic E-state index is -0.567. The van der Waals surface area contributed by atoms with Gasteiger partial charge in [-0.1, -0.05) is 6.07 Å². The van der Waals surface area contributed by atoms with Gasteiger partial charge in [-0.15, -0.1) is 0 Å². The summed E-state index contributed by atoms with van der Waals surface area (Å²) in [5.41, 5.74) is 1.19. The van der Waals surface area contributed by atoms with Gasteiger partial charge in [0.2, 0.25) is 0 Å². The molecule has 1 amide bonds. The summed E-state index contributed by atoms with van der Waals surface area (Å²) >= 11 is 0. The number of aromatic amines is 1. The zero-order valence-corrected chi connectivity index (χ0v) is 13.2. The molecule has 7 heteroatoms. The Labute approximate surface area is 138 Å². The molecule has 2 aromatic rings. The zero-order chi connectivity index (χ0) is 16.9. The molecule has 0 saturated carbocycles. The number of carbonyl (C=O) groups is 2. The molecule has 126 valence electrons. The number of carbonyl (C=O) groups excluding carboxylic acids is 2. The van der Waals surface area contributed by atoms with Crippen LogP contribution in [0.25, 0.3) is 0 Å². The Hall–Kier alpha value is -2.96. The van der Waals surface area contributed by atoms with Crippen LogP contribution in [-0.4, -0.2) is 36.7 Å². The van der Waals surface area contributed by atoms with E-state index < -0.39 is 5.97 Å². The smallest absolute Gasteiger partial charge is 0.355 e. The summed E-state index contributed by atoms with van der Waals surface area (Å²) < 4.78 is 15.9. The lowest BCUT2D eigenvalue weighted by molar-refractivity contribution is -0.124. The fourth-order valence-corrected chi connectivity index (χ4v) is 2.36. The first-order chi connectivity index (χ1) is 11.6. The van der Waals surface area contributed by atoms with Crippen molar-refractivity contribution in [3.05, 3.63) is 47.8 Å². The van der Waals surface area contributed by atoms with E-state index >= 15 is 0 Å². The van der Waals surface area contributed by atoms with Crippen LogP contribution in [0.1, 0.15) is 29.0 Å². The van der Waals surface area contributed by atoms with E-state index in [2.05, 4.69) is 10.3 Å². The van der Waals surface area contributed by atoms with Crippen LogP contribution in [0.2, 0.25) is 0 Å². The molecular formula is C17H18N2O5. The molecule has 2 heterocycles. The molecule has 3 rings (SSSR count). The van der Waals surface area contributed by atoms with Gasteiger partial charge >= 0.3 is 5.97 Å². The molecule has 0 unspecified atom stereocenters. The minimum absolute atomic E-state index is 0.252. The second kappa shape index (κ2) is 7.08. The van der Waals surface area contributed by atoms with Gasteiger partial charge in [0, 0.05) is 6.20 Å². The third-order valence-electron chi connectivity index (χ3n) is 3.60. The second-order valence-corrected chi connectivity index (χ2v) is 5.35. The van der Waals surface area contributed by atoms with E-state index in [0.717, 1.165) is 5.56 Å². The van der Waals surface area contributed by atoms with Crippen LogP contribution in [-0.2, 0) is 9.53 Å². The quantitative estimate of drug-likeness (QED) is 0.816. The highest BCUT2D eigenvalue weighted by Gasteiger charge is 2.17. The number of nitrogens with one attached hydrogen (secondary N) is 2. The van der Waals surface area contributed by atoms with E-state index in [1.807, 2.05) is 25.1 Å². The largest absolute Gasteiger partial charge is 0.486 e. The van der Waals surface area contributed by atoms with Crippen molar-refractivity contribution in [2.45, 2.75) is 13.0 Å². The van der Waals surface area contributed by atoms with Crippen LogP contribution in [0.4, 0.5) is 0 Å². The molecule has 1 aromatic carbocycles. The predicted molar refractivity (Wildman–Crippen MR) is 85.1 cm³/mol. The highest BCUT2D eigenvalue weighted by atomic mass is 16.6. The van der Waals surface area contributed by atoms with Crippen LogP contribution < -0.4 is 14.8 Å². The summed E-state index contributed by atoms with van der Waals surface area (Å²) in [7, 11) is 0. The minimum Gasteiger partial charge on any atom is -0.486 e. The van der Waals surface area contributed by atoms with Gasteiger partial charge in [-0.25, -0.2) is 4.79 Å². The van der Waals surface area contributed by atoms with Gasteiger partial charge in [-0.05, 0) is 36.8 Å². The van der Waals surface area contributed by atoms with E-state index in [9.17, 15) is 9.59 Å². The highest BCUT2D eigenvalue weighted by Crippen LogP contribution is 2.32. The van der Waals surface area contributed by atoms with Crippen LogP contribution in [0.15, 0.2) is 36.5 Å². The number of amides is 1. The molecule has 0 saturated heterocycles. The molecule has 1 aromatic heterocycles. The van der Waals surface area contributed by atoms with Gasteiger partial charge in [0.05, 0.1) is 6.04 Å². The van der Waals surface area contributed by atoms with Crippen LogP contribution in [0.3, 0.4) is 0 Å². The van der Waals surface area contributed by atoms with Crippen molar-refractivity contribution in [2.24, 2.45) is 0 Å². The second-order valence-electron chi connectivity index (χ2n) is 5.35. The lowest BCUT2D eigenvalue weighted by Crippen LogP contribution is -2.31. The molecule has 1 aliphatic heterocycles. The topological polar surface area (TPSA) is 89.7 Å². The van der Waals surface area contributed by atoms with E-state index in [1.54, 1.807) is 18.3 Å². The maximum absolute atomic E-state index is 11.9. The number of hydrogen-bond acceptors (Lipinski definition) is 5. The third kappa shape index (κ3) is 3.68. The maximum atomic E-state index is 11.9. The third-order valence-corrected chi connectivity index (χ3v) is 3.60. The molecule has 24 heavy (non-hydrogen) atoms. The zero-order valence-electron chi connectivity index (χ0n) is 13.2. The van der Waals surface area contributed by atoms with Crippen molar-refractivity contribution in [1.29, 1.82) is 0 Å². The Balaban J connectivity index is 1.53. The van der Waals surface area contributed by atoms with Gasteiger partial charge in [-0.2, -0.15) is 0 Å². The number of aromatic nitrogens is 1. The van der Waals surface area contributed by atoms with Gasteiger partial charge < -0.3 is 24.5 Å². The normalized spacial score (nSPS) is 13.9. The fraction of sp³-hybridized carbons (Fsp3) is 0.294. The summed E-state index contributed by atoms with van der Waals surface area (Å²) in [6.45, 7) is 2.54. The summed E-state index contributed by atoms with van der Waals surface area (Å²) in [4.78, 5) is 26.3. The Bertz CT molecular complexity index is 727. The summed E-state index contributed by atoms with van der Waals surface area (Å²) in [6.07, 6.45) is 1.61. The number of benzene rings is 1. The van der Waals surface area contributed by atoms with E-state index in [0.29, 0.717) is 30.4 Å². The Kier molecular flexibility index (Phi) is 4.69. The van der Waals surface area contributed by atoms with Crippen LogP contribution in [0.5, 0.6) is 11.5 Å². The Morgan fingerprint density at radius 3 is 2.79 bits per heavy atom. The van der Waals surface area contributed by atoms with E-state index in [1.165, 1.54) is 0 Å². The average molecular weight is 330 g/mol. The van der Waals surface area contributed by atoms with Crippen LogP contribution in [0, 0.1) is 0 Å². The van der Waals surface area contributed by atoms with E-state index in [4.69, 9.17) is 14.2 Å². The molecule has 1 aliphatic rings. The van der Waals surface area contributed by atoms with Crippen molar-refractivity contribution < 1.29 is 23.8 Å². The van der Waals surface area contributed by atoms with Gasteiger partial charge in [-0.3, -0.25) is 4.79 Å². The highest BCUT2D eigenvalue weighted by molar-refractivity contribution is 5.89. The number of hydrogen-bond donors (Lipinski definition) is 2. The lowest BCUT2D eigenvalue weighted by atomic mass is 10.1. The molecule has 0 radical (unpaired) electrons. The number of ether oxygens (including phenoxy) is 3. The van der Waals surface area contributed by atoms with Crippen LogP contribution >= 0.6 is 0 Å². The molecular weight excluding hydrogens is 312 g/mol. The summed E-state index contributed by atoms with van der Waals surface area (Å²) in [6, 6.07) is 8.53. The van der Waals surface area contributed by atoms with Crippen molar-refractivity contribution in [2.75, 3.05) is 19.8 Å². The van der Waals surface area contributed by atoms with Gasteiger partial charge in [0.25, 0.3) is 5.91 Å². The molecule has 0 aliphatic carbocycles. The summed E-state index contributed by atoms with van der Waals surface area (Å²) in [5.74, 6) is 0.417. The number of H-pyrrole nitrogens is 1. The van der Waals surface area contributed by atoms with Crippen molar-refractivity contribution in [3.63, 3.8) is 0 Å². The fourth-order valence-electron chi connectivity index (χ4n) is 2.36. The standard InChI is InChI=1S/C17H18N2O5/c1-11(12-4-5-14-15(9-12)23-8-7-22-14)19-16(20)10-24-17(21)13-3-2-6-18-13/h2-6,9,11,18H,7-8,10H2,1H3,(H,19,20)/t11-/m0/s1. The monoisotopic (exact) mass is 330 g/mol. The van der Waals surface area contributed by atoms with Gasteiger partial charge in [0.1, 0.15) is 18.9 Å². The summed E-state index contributed by atoms with van der Waals surface area (Å²) in [5, 5.41) is 2.78. The lowest BCUT2D eigenvalue weighted by Gasteiger charge is -2.21. The van der Waals surface area contributed by atoms with Crippen molar-refractivity contribution >= 4 is 11.9 Å². The Morgan fingerprint density at radius 2 is 2.04 bits per heavy atom. The van der Waals surface area contributed by atoms with E-state index in [-0.39, 0.29) is 18.6 Å². The average Bonchev–Trinajstić information content (AvgIpc) is 3.14. The molecule has 7 nitrogen and oxygen atoms in total. The first-order valence-electron chi connectivity index (χ1n) is 7.63. The number of rotatable bonds is 5. The first-order valence-corrected chi connectivity index (χ1v) is 7.63. The SMILES string of the molecule is C[C@H](NC(=O)COC(=O)c1ccc[nH]1)c1ccc2c(c1)OCCO2. The molecule has 1 atom stereocenters. The molecule has 0 spiro atoms. The Morgan fingerprint density at radius 1 is 1.25 bits per heavy atom. The number of fused-ring (bicyclic) bond motifs is 1. The molecule has 2 N–H and O–H groups in total. The van der Waals surface area contributed by atoms with Crippen molar-refractivity contribution in [3.8, 4) is 11.5 Å². The molecule has 0 bridgehead atoms. The first kappa shape index (κ1) is 15.9. The number of esters is 1. The maximum Gasteiger partial charge on any atom is 0.355 e. The predicted octanol–water partition coefficient (Wildman–Crippen LogP) is 1.82. The molecule has 0 fully saturated rings.